The van der Waals surface area contributed by atoms with Crippen molar-refractivity contribution >= 4 is 23.4 Å². The number of para-hydroxylation sites is 1. The van der Waals surface area contributed by atoms with Gasteiger partial charge in [-0.15, -0.1) is 0 Å². The van der Waals surface area contributed by atoms with Crippen LogP contribution in [0.3, 0.4) is 0 Å². The van der Waals surface area contributed by atoms with Crippen molar-refractivity contribution in [3.8, 4) is 0 Å². The van der Waals surface area contributed by atoms with Crippen molar-refractivity contribution in [1.82, 2.24) is 0 Å². The van der Waals surface area contributed by atoms with Gasteiger partial charge in [-0.05, 0) is 35.9 Å². The minimum absolute atomic E-state index is 0.0740. The van der Waals surface area contributed by atoms with Crippen LogP contribution in [0.5, 0.6) is 0 Å². The highest BCUT2D eigenvalue weighted by Gasteiger charge is 2.10. The molecule has 2 aromatic rings. The van der Waals surface area contributed by atoms with E-state index in [2.05, 4.69) is 5.32 Å². The standard InChI is InChI=1S/C15H10F2N2O3/c16-12-2-1-3-13(17)15(12)18-14(20)9-6-10-4-7-11(8-5-10)19(21)22/h1-9H,(H,18,20)/b9-6+. The molecule has 1 amide bonds. The minimum atomic E-state index is -0.878. The van der Waals surface area contributed by atoms with E-state index in [0.717, 1.165) is 18.2 Å². The Hall–Kier alpha value is -3.09. The fourth-order valence-electron chi connectivity index (χ4n) is 1.66. The van der Waals surface area contributed by atoms with Gasteiger partial charge in [0.05, 0.1) is 4.92 Å². The van der Waals surface area contributed by atoms with Gasteiger partial charge in [0.1, 0.15) is 17.3 Å². The SMILES string of the molecule is O=C(/C=C/c1ccc([N+](=O)[O-])cc1)Nc1c(F)cccc1F. The Morgan fingerprint density at radius 1 is 1.09 bits per heavy atom. The van der Waals surface area contributed by atoms with Crippen molar-refractivity contribution in [2.24, 2.45) is 0 Å². The molecule has 0 aliphatic rings. The average molecular weight is 304 g/mol. The van der Waals surface area contributed by atoms with E-state index in [-0.39, 0.29) is 5.69 Å². The van der Waals surface area contributed by atoms with Gasteiger partial charge in [-0.3, -0.25) is 14.9 Å². The number of nitrogens with one attached hydrogen (secondary N) is 1. The van der Waals surface area contributed by atoms with Gasteiger partial charge in [0, 0.05) is 18.2 Å². The molecule has 0 heterocycles. The average Bonchev–Trinajstić information content (AvgIpc) is 2.49. The van der Waals surface area contributed by atoms with Gasteiger partial charge in [0.2, 0.25) is 5.91 Å². The lowest BCUT2D eigenvalue weighted by Crippen LogP contribution is -2.10. The van der Waals surface area contributed by atoms with Gasteiger partial charge in [0.15, 0.2) is 0 Å². The minimum Gasteiger partial charge on any atom is -0.318 e. The smallest absolute Gasteiger partial charge is 0.269 e. The first-order chi connectivity index (χ1) is 10.5. The van der Waals surface area contributed by atoms with E-state index >= 15 is 0 Å². The number of carbonyl (C=O) groups excluding carboxylic acids is 1. The number of halogens is 2. The molecule has 0 radical (unpaired) electrons. The molecule has 0 saturated carbocycles. The molecule has 7 heteroatoms. The Bertz CT molecular complexity index is 723. The molecule has 2 aromatic carbocycles. The molecule has 0 aliphatic carbocycles. The summed E-state index contributed by atoms with van der Waals surface area (Å²) < 4.78 is 26.7. The van der Waals surface area contributed by atoms with E-state index in [1.807, 2.05) is 0 Å². The van der Waals surface area contributed by atoms with Gasteiger partial charge in [-0.2, -0.15) is 0 Å². The van der Waals surface area contributed by atoms with Crippen LogP contribution < -0.4 is 5.32 Å². The third-order valence-electron chi connectivity index (χ3n) is 2.74. The predicted octanol–water partition coefficient (Wildman–Crippen LogP) is 3.52. The maximum absolute atomic E-state index is 13.4. The van der Waals surface area contributed by atoms with E-state index < -0.39 is 28.2 Å². The van der Waals surface area contributed by atoms with Crippen LogP contribution in [-0.2, 0) is 4.79 Å². The molecule has 0 fully saturated rings. The fraction of sp³-hybridized carbons (Fsp3) is 0. The lowest BCUT2D eigenvalue weighted by Gasteiger charge is -2.04. The largest absolute Gasteiger partial charge is 0.318 e. The Morgan fingerprint density at radius 3 is 2.23 bits per heavy atom. The molecule has 22 heavy (non-hydrogen) atoms. The second-order valence-electron chi connectivity index (χ2n) is 4.27. The highest BCUT2D eigenvalue weighted by molar-refractivity contribution is 6.02. The van der Waals surface area contributed by atoms with Gasteiger partial charge in [0.25, 0.3) is 5.69 Å². The highest BCUT2D eigenvalue weighted by atomic mass is 19.1. The monoisotopic (exact) mass is 304 g/mol. The Labute approximate surface area is 124 Å². The van der Waals surface area contributed by atoms with Gasteiger partial charge < -0.3 is 5.32 Å². The van der Waals surface area contributed by atoms with Crippen molar-refractivity contribution in [2.75, 3.05) is 5.32 Å². The Balaban J connectivity index is 2.07. The van der Waals surface area contributed by atoms with E-state index in [4.69, 9.17) is 0 Å². The zero-order chi connectivity index (χ0) is 16.1. The molecule has 0 saturated heterocycles. The summed E-state index contributed by atoms with van der Waals surface area (Å²) in [4.78, 5) is 21.6. The molecule has 0 unspecified atom stereocenters. The first kappa shape index (κ1) is 15.3. The first-order valence-corrected chi connectivity index (χ1v) is 6.15. The lowest BCUT2D eigenvalue weighted by atomic mass is 10.2. The quantitative estimate of drug-likeness (QED) is 0.533. The number of hydrogen-bond donors (Lipinski definition) is 1. The van der Waals surface area contributed by atoms with Crippen LogP contribution in [0.25, 0.3) is 6.08 Å². The van der Waals surface area contributed by atoms with Crippen LogP contribution in [0.4, 0.5) is 20.2 Å². The zero-order valence-corrected chi connectivity index (χ0v) is 11.1. The first-order valence-electron chi connectivity index (χ1n) is 6.15. The summed E-state index contributed by atoms with van der Waals surface area (Å²) >= 11 is 0. The molecular formula is C15H10F2N2O3. The highest BCUT2D eigenvalue weighted by Crippen LogP contribution is 2.18. The van der Waals surface area contributed by atoms with Gasteiger partial charge in [-0.1, -0.05) is 6.07 Å². The van der Waals surface area contributed by atoms with Crippen LogP contribution in [-0.4, -0.2) is 10.8 Å². The summed E-state index contributed by atoms with van der Waals surface area (Å²) in [6.07, 6.45) is 2.45. The van der Waals surface area contributed by atoms with E-state index in [9.17, 15) is 23.7 Å². The maximum Gasteiger partial charge on any atom is 0.269 e. The summed E-state index contributed by atoms with van der Waals surface area (Å²) in [7, 11) is 0. The van der Waals surface area contributed by atoms with Crippen LogP contribution in [0.2, 0.25) is 0 Å². The second kappa shape index (κ2) is 6.57. The molecule has 0 spiro atoms. The van der Waals surface area contributed by atoms with Crippen molar-refractivity contribution in [3.05, 3.63) is 75.9 Å². The van der Waals surface area contributed by atoms with Crippen molar-refractivity contribution < 1.29 is 18.5 Å². The molecule has 112 valence electrons. The molecule has 0 aliphatic heterocycles. The summed E-state index contributed by atoms with van der Waals surface area (Å²) in [5, 5.41) is 12.6. The molecule has 0 aromatic heterocycles. The Morgan fingerprint density at radius 2 is 1.68 bits per heavy atom. The summed E-state index contributed by atoms with van der Waals surface area (Å²) in [5.41, 5.74) is -0.0642. The van der Waals surface area contributed by atoms with Crippen LogP contribution >= 0.6 is 0 Å². The zero-order valence-electron chi connectivity index (χ0n) is 11.1. The van der Waals surface area contributed by atoms with Gasteiger partial charge >= 0.3 is 0 Å². The Kier molecular flexibility index (Phi) is 4.57. The molecular weight excluding hydrogens is 294 g/mol. The molecule has 0 atom stereocenters. The fourth-order valence-corrected chi connectivity index (χ4v) is 1.66. The van der Waals surface area contributed by atoms with E-state index in [0.29, 0.717) is 5.56 Å². The molecule has 2 rings (SSSR count). The number of nitro benzene ring substituents is 1. The number of anilines is 1. The number of hydrogen-bond acceptors (Lipinski definition) is 3. The number of nitro groups is 1. The van der Waals surface area contributed by atoms with Crippen molar-refractivity contribution in [3.63, 3.8) is 0 Å². The second-order valence-corrected chi connectivity index (χ2v) is 4.27. The summed E-state index contributed by atoms with van der Waals surface area (Å²) in [5.74, 6) is -2.48. The van der Waals surface area contributed by atoms with Crippen molar-refractivity contribution in [1.29, 1.82) is 0 Å². The van der Waals surface area contributed by atoms with E-state index in [1.54, 1.807) is 0 Å². The third-order valence-corrected chi connectivity index (χ3v) is 2.74. The van der Waals surface area contributed by atoms with E-state index in [1.165, 1.54) is 36.4 Å². The predicted molar refractivity (Wildman–Crippen MR) is 77.1 cm³/mol. The number of amides is 1. The summed E-state index contributed by atoms with van der Waals surface area (Å²) in [6.45, 7) is 0. The number of non-ortho nitro benzene ring substituents is 1. The third kappa shape index (κ3) is 3.72. The van der Waals surface area contributed by atoms with Gasteiger partial charge in [-0.25, -0.2) is 8.78 Å². The number of nitrogens with zero attached hydrogens (tertiary/aromatic N) is 1. The van der Waals surface area contributed by atoms with Crippen LogP contribution in [0.1, 0.15) is 5.56 Å². The number of rotatable bonds is 4. The lowest BCUT2D eigenvalue weighted by molar-refractivity contribution is -0.384. The number of carbonyl (C=O) groups is 1. The normalized spacial score (nSPS) is 10.6. The topological polar surface area (TPSA) is 72.2 Å². The van der Waals surface area contributed by atoms with Crippen LogP contribution in [0, 0.1) is 21.7 Å². The summed E-state index contributed by atoms with van der Waals surface area (Å²) in [6, 6.07) is 8.71. The maximum atomic E-state index is 13.4. The van der Waals surface area contributed by atoms with Crippen LogP contribution in [0.15, 0.2) is 48.5 Å². The molecule has 5 nitrogen and oxygen atoms in total. The number of benzene rings is 2. The molecule has 0 bridgehead atoms. The molecule has 1 N–H and O–H groups in total. The van der Waals surface area contributed by atoms with Crippen molar-refractivity contribution in [2.45, 2.75) is 0 Å².